The molecular formula is C11H12N2O. The molecule has 72 valence electrons. The van der Waals surface area contributed by atoms with Crippen LogP contribution in [0.2, 0.25) is 0 Å². The molecule has 0 radical (unpaired) electrons. The fourth-order valence-corrected chi connectivity index (χ4v) is 1.40. The largest absolute Gasteiger partial charge is 0.360 e. The van der Waals surface area contributed by atoms with Crippen LogP contribution in [0.25, 0.3) is 11.0 Å². The fourth-order valence-electron chi connectivity index (χ4n) is 1.40. The maximum absolute atomic E-state index is 11.7. The number of nitrogens with zero attached hydrogens (tertiary/aromatic N) is 1. The van der Waals surface area contributed by atoms with Crippen LogP contribution in [0.1, 0.15) is 24.2 Å². The first-order chi connectivity index (χ1) is 6.68. The van der Waals surface area contributed by atoms with Crippen molar-refractivity contribution < 1.29 is 4.79 Å². The summed E-state index contributed by atoms with van der Waals surface area (Å²) in [6.07, 6.45) is 3.46. The summed E-state index contributed by atoms with van der Waals surface area (Å²) >= 11 is 0. The van der Waals surface area contributed by atoms with Crippen molar-refractivity contribution in [2.45, 2.75) is 13.8 Å². The number of hydrogen-bond acceptors (Lipinski definition) is 2. The van der Waals surface area contributed by atoms with Crippen LogP contribution in [0.3, 0.4) is 0 Å². The van der Waals surface area contributed by atoms with E-state index in [-0.39, 0.29) is 11.7 Å². The molecule has 0 atom stereocenters. The fraction of sp³-hybridized carbons (Fsp3) is 0.273. The van der Waals surface area contributed by atoms with E-state index in [1.807, 2.05) is 32.2 Å². The molecular weight excluding hydrogens is 176 g/mol. The van der Waals surface area contributed by atoms with Crippen LogP contribution in [0, 0.1) is 5.92 Å². The lowest BCUT2D eigenvalue weighted by molar-refractivity contribution is 0.0939. The SMILES string of the molecule is CC(C)C(=O)c1cnc2cc[nH]c2c1. The first-order valence-corrected chi connectivity index (χ1v) is 4.66. The van der Waals surface area contributed by atoms with E-state index in [1.165, 1.54) is 0 Å². The summed E-state index contributed by atoms with van der Waals surface area (Å²) in [4.78, 5) is 18.9. The number of rotatable bonds is 2. The van der Waals surface area contributed by atoms with Gasteiger partial charge in [0, 0.05) is 23.9 Å². The standard InChI is InChI=1S/C11H12N2O/c1-7(2)11(14)8-5-10-9(13-6-8)3-4-12-10/h3-7,12H,1-2H3. The van der Waals surface area contributed by atoms with E-state index in [1.54, 1.807) is 6.20 Å². The van der Waals surface area contributed by atoms with Gasteiger partial charge in [0.1, 0.15) is 0 Å². The summed E-state index contributed by atoms with van der Waals surface area (Å²) < 4.78 is 0. The molecule has 0 bridgehead atoms. The van der Waals surface area contributed by atoms with Gasteiger partial charge < -0.3 is 4.98 Å². The van der Waals surface area contributed by atoms with Crippen LogP contribution < -0.4 is 0 Å². The van der Waals surface area contributed by atoms with Crippen LogP contribution >= 0.6 is 0 Å². The van der Waals surface area contributed by atoms with Gasteiger partial charge in [0.25, 0.3) is 0 Å². The predicted molar refractivity (Wildman–Crippen MR) is 55.3 cm³/mol. The third-order valence-electron chi connectivity index (χ3n) is 2.21. The molecule has 0 aliphatic carbocycles. The zero-order valence-corrected chi connectivity index (χ0v) is 8.24. The van der Waals surface area contributed by atoms with Crippen molar-refractivity contribution in [2.75, 3.05) is 0 Å². The summed E-state index contributed by atoms with van der Waals surface area (Å²) in [6, 6.07) is 3.74. The van der Waals surface area contributed by atoms with Crippen molar-refractivity contribution >= 4 is 16.8 Å². The molecule has 0 amide bonds. The number of aromatic amines is 1. The molecule has 0 aromatic carbocycles. The molecule has 14 heavy (non-hydrogen) atoms. The maximum atomic E-state index is 11.7. The van der Waals surface area contributed by atoms with Crippen LogP contribution in [0.15, 0.2) is 24.5 Å². The molecule has 0 spiro atoms. The van der Waals surface area contributed by atoms with Gasteiger partial charge in [-0.1, -0.05) is 13.8 Å². The molecule has 0 unspecified atom stereocenters. The summed E-state index contributed by atoms with van der Waals surface area (Å²) in [5.74, 6) is 0.151. The van der Waals surface area contributed by atoms with Gasteiger partial charge in [0.15, 0.2) is 5.78 Å². The Labute approximate surface area is 82.2 Å². The van der Waals surface area contributed by atoms with Crippen molar-refractivity contribution in [3.8, 4) is 0 Å². The molecule has 3 heteroatoms. The topological polar surface area (TPSA) is 45.8 Å². The normalized spacial score (nSPS) is 11.1. The third kappa shape index (κ3) is 1.41. The highest BCUT2D eigenvalue weighted by atomic mass is 16.1. The summed E-state index contributed by atoms with van der Waals surface area (Å²) in [7, 11) is 0. The highest BCUT2D eigenvalue weighted by Crippen LogP contribution is 2.13. The molecule has 0 saturated heterocycles. The lowest BCUT2D eigenvalue weighted by Gasteiger charge is -2.02. The Bertz CT molecular complexity index is 471. The first kappa shape index (κ1) is 8.94. The van der Waals surface area contributed by atoms with Crippen LogP contribution in [-0.2, 0) is 0 Å². The minimum atomic E-state index is 0.0178. The van der Waals surface area contributed by atoms with E-state index >= 15 is 0 Å². The number of H-pyrrole nitrogens is 1. The van der Waals surface area contributed by atoms with Crippen LogP contribution in [0.4, 0.5) is 0 Å². The Morgan fingerprint density at radius 1 is 1.50 bits per heavy atom. The minimum absolute atomic E-state index is 0.0178. The van der Waals surface area contributed by atoms with Gasteiger partial charge in [-0.15, -0.1) is 0 Å². The molecule has 2 aromatic heterocycles. The molecule has 2 heterocycles. The Kier molecular flexibility index (Phi) is 2.08. The van der Waals surface area contributed by atoms with E-state index in [0.29, 0.717) is 5.56 Å². The second kappa shape index (κ2) is 3.25. The minimum Gasteiger partial charge on any atom is -0.360 e. The average Bonchev–Trinajstić information content (AvgIpc) is 2.62. The van der Waals surface area contributed by atoms with E-state index in [2.05, 4.69) is 9.97 Å². The van der Waals surface area contributed by atoms with Gasteiger partial charge in [0.2, 0.25) is 0 Å². The number of fused-ring (bicyclic) bond motifs is 1. The maximum Gasteiger partial charge on any atom is 0.167 e. The molecule has 2 aromatic rings. The number of aromatic nitrogens is 2. The monoisotopic (exact) mass is 188 g/mol. The summed E-state index contributed by atoms with van der Waals surface area (Å²) in [6.45, 7) is 3.78. The van der Waals surface area contributed by atoms with Gasteiger partial charge in [-0.3, -0.25) is 9.78 Å². The van der Waals surface area contributed by atoms with Gasteiger partial charge in [-0.05, 0) is 12.1 Å². The number of hydrogen-bond donors (Lipinski definition) is 1. The number of nitrogens with one attached hydrogen (secondary N) is 1. The van der Waals surface area contributed by atoms with Crippen molar-refractivity contribution in [1.29, 1.82) is 0 Å². The second-order valence-corrected chi connectivity index (χ2v) is 3.65. The van der Waals surface area contributed by atoms with Gasteiger partial charge in [-0.2, -0.15) is 0 Å². The van der Waals surface area contributed by atoms with Gasteiger partial charge in [-0.25, -0.2) is 0 Å². The van der Waals surface area contributed by atoms with Crippen molar-refractivity contribution in [1.82, 2.24) is 9.97 Å². The van der Waals surface area contributed by atoms with Crippen LogP contribution in [-0.4, -0.2) is 15.8 Å². The first-order valence-electron chi connectivity index (χ1n) is 4.66. The summed E-state index contributed by atoms with van der Waals surface area (Å²) in [5.41, 5.74) is 2.48. The number of carbonyl (C=O) groups excluding carboxylic acids is 1. The molecule has 0 aliphatic rings. The molecule has 2 rings (SSSR count). The number of ketones is 1. The Morgan fingerprint density at radius 2 is 2.29 bits per heavy atom. The smallest absolute Gasteiger partial charge is 0.167 e. The Balaban J connectivity index is 2.48. The quantitative estimate of drug-likeness (QED) is 0.735. The zero-order valence-electron chi connectivity index (χ0n) is 8.24. The van der Waals surface area contributed by atoms with E-state index in [4.69, 9.17) is 0 Å². The number of carbonyl (C=O) groups is 1. The average molecular weight is 188 g/mol. The second-order valence-electron chi connectivity index (χ2n) is 3.65. The predicted octanol–water partition coefficient (Wildman–Crippen LogP) is 2.40. The summed E-state index contributed by atoms with van der Waals surface area (Å²) in [5, 5.41) is 0. The lowest BCUT2D eigenvalue weighted by atomic mass is 10.0. The van der Waals surface area contributed by atoms with Gasteiger partial charge in [0.05, 0.1) is 11.0 Å². The Morgan fingerprint density at radius 3 is 3.00 bits per heavy atom. The van der Waals surface area contributed by atoms with Gasteiger partial charge >= 0.3 is 0 Å². The lowest BCUT2D eigenvalue weighted by Crippen LogP contribution is -2.07. The van der Waals surface area contributed by atoms with E-state index < -0.39 is 0 Å². The molecule has 0 saturated carbocycles. The van der Waals surface area contributed by atoms with Crippen LogP contribution in [0.5, 0.6) is 0 Å². The van der Waals surface area contributed by atoms with Crippen molar-refractivity contribution in [3.05, 3.63) is 30.1 Å². The zero-order chi connectivity index (χ0) is 10.1. The van der Waals surface area contributed by atoms with E-state index in [0.717, 1.165) is 11.0 Å². The Hall–Kier alpha value is -1.64. The number of Topliss-reactive ketones (excluding diaryl/α,β-unsaturated/α-hetero) is 1. The highest BCUT2D eigenvalue weighted by molar-refractivity contribution is 5.99. The highest BCUT2D eigenvalue weighted by Gasteiger charge is 2.11. The molecule has 0 aliphatic heterocycles. The third-order valence-corrected chi connectivity index (χ3v) is 2.21. The van der Waals surface area contributed by atoms with Crippen molar-refractivity contribution in [2.24, 2.45) is 5.92 Å². The molecule has 0 fully saturated rings. The number of pyridine rings is 1. The molecule has 1 N–H and O–H groups in total. The molecule has 3 nitrogen and oxygen atoms in total. The van der Waals surface area contributed by atoms with E-state index in [9.17, 15) is 4.79 Å². The van der Waals surface area contributed by atoms with Crippen molar-refractivity contribution in [3.63, 3.8) is 0 Å².